The summed E-state index contributed by atoms with van der Waals surface area (Å²) in [7, 11) is 0. The molecule has 0 saturated carbocycles. The zero-order valence-electron chi connectivity index (χ0n) is 5.10. The molecule has 0 aliphatic rings. The minimum absolute atomic E-state index is 0.797. The van der Waals surface area contributed by atoms with E-state index in [1.54, 1.807) is 16.9 Å². The molecule has 2 aromatic rings. The average Bonchev–Trinajstić information content (AvgIpc) is 2.34. The second kappa shape index (κ2) is 1.98. The Labute approximate surface area is 63.1 Å². The van der Waals surface area contributed by atoms with Crippen LogP contribution in [0.25, 0.3) is 5.65 Å². The molecule has 0 unspecified atom stereocenters. The quantitative estimate of drug-likeness (QED) is 0.570. The number of fused-ring (bicyclic) bond motifs is 1. The second-order valence-corrected chi connectivity index (χ2v) is 2.40. The van der Waals surface area contributed by atoms with Crippen molar-refractivity contribution in [2.45, 2.75) is 4.90 Å². The van der Waals surface area contributed by atoms with Gasteiger partial charge in [0.05, 0.1) is 11.1 Å². The first kappa shape index (κ1) is 5.73. The maximum atomic E-state index is 4.16. The molecular formula is C6H5N3S. The lowest BCUT2D eigenvalue weighted by molar-refractivity contribution is 0.939. The number of hydrogen-bond acceptors (Lipinski definition) is 3. The van der Waals surface area contributed by atoms with Gasteiger partial charge in [-0.25, -0.2) is 9.50 Å². The zero-order valence-corrected chi connectivity index (χ0v) is 5.99. The Morgan fingerprint density at radius 2 is 2.40 bits per heavy atom. The molecule has 0 radical (unpaired) electrons. The fraction of sp³-hybridized carbons (Fsp3) is 0. The Balaban J connectivity index is 2.93. The largest absolute Gasteiger partial charge is 0.236 e. The topological polar surface area (TPSA) is 30.2 Å². The standard InChI is InChI=1S/C6H5N3S/c10-5-4-8-9-3-1-2-7-6(5)9/h1-4,10H. The Kier molecular flexibility index (Phi) is 1.14. The van der Waals surface area contributed by atoms with E-state index in [2.05, 4.69) is 22.7 Å². The van der Waals surface area contributed by atoms with E-state index in [4.69, 9.17) is 0 Å². The Morgan fingerprint density at radius 1 is 1.50 bits per heavy atom. The first-order valence-corrected chi connectivity index (χ1v) is 3.30. The van der Waals surface area contributed by atoms with Crippen LogP contribution < -0.4 is 0 Å². The molecule has 0 N–H and O–H groups in total. The molecule has 50 valence electrons. The van der Waals surface area contributed by atoms with Gasteiger partial charge in [0, 0.05) is 12.4 Å². The van der Waals surface area contributed by atoms with Gasteiger partial charge >= 0.3 is 0 Å². The van der Waals surface area contributed by atoms with E-state index >= 15 is 0 Å². The molecule has 0 atom stereocenters. The van der Waals surface area contributed by atoms with Gasteiger partial charge in [0.15, 0.2) is 5.65 Å². The Morgan fingerprint density at radius 3 is 3.20 bits per heavy atom. The van der Waals surface area contributed by atoms with Gasteiger partial charge in [-0.05, 0) is 6.07 Å². The molecule has 0 aliphatic heterocycles. The fourth-order valence-electron chi connectivity index (χ4n) is 0.815. The molecule has 0 aliphatic carbocycles. The number of nitrogens with zero attached hydrogens (tertiary/aromatic N) is 3. The van der Waals surface area contributed by atoms with Crippen molar-refractivity contribution in [3.63, 3.8) is 0 Å². The highest BCUT2D eigenvalue weighted by Gasteiger charge is 1.96. The minimum atomic E-state index is 0.797. The van der Waals surface area contributed by atoms with Crippen LogP contribution in [0.5, 0.6) is 0 Å². The van der Waals surface area contributed by atoms with Crippen molar-refractivity contribution >= 4 is 18.3 Å². The number of aromatic nitrogens is 3. The molecule has 0 bridgehead atoms. The molecule has 0 amide bonds. The maximum absolute atomic E-state index is 4.16. The molecule has 2 rings (SSSR count). The van der Waals surface area contributed by atoms with Crippen molar-refractivity contribution in [3.8, 4) is 0 Å². The minimum Gasteiger partial charge on any atom is -0.236 e. The number of hydrogen-bond donors (Lipinski definition) is 1. The van der Waals surface area contributed by atoms with Crippen LogP contribution in [0.3, 0.4) is 0 Å². The van der Waals surface area contributed by atoms with E-state index in [-0.39, 0.29) is 0 Å². The molecular weight excluding hydrogens is 146 g/mol. The van der Waals surface area contributed by atoms with Gasteiger partial charge in [-0.2, -0.15) is 5.10 Å². The Bertz CT molecular complexity index is 355. The highest BCUT2D eigenvalue weighted by atomic mass is 32.1. The van der Waals surface area contributed by atoms with Crippen LogP contribution in [0.15, 0.2) is 29.6 Å². The smallest absolute Gasteiger partial charge is 0.168 e. The summed E-state index contributed by atoms with van der Waals surface area (Å²) in [6, 6.07) is 1.83. The number of rotatable bonds is 0. The van der Waals surface area contributed by atoms with Crippen molar-refractivity contribution in [1.29, 1.82) is 0 Å². The first-order chi connectivity index (χ1) is 4.88. The van der Waals surface area contributed by atoms with Gasteiger partial charge in [-0.15, -0.1) is 12.6 Å². The zero-order chi connectivity index (χ0) is 6.97. The van der Waals surface area contributed by atoms with Crippen molar-refractivity contribution in [2.24, 2.45) is 0 Å². The number of thiol groups is 1. The van der Waals surface area contributed by atoms with Crippen molar-refractivity contribution in [1.82, 2.24) is 14.6 Å². The van der Waals surface area contributed by atoms with Crippen LogP contribution in [0.1, 0.15) is 0 Å². The summed E-state index contributed by atoms with van der Waals surface area (Å²) >= 11 is 4.16. The van der Waals surface area contributed by atoms with Crippen molar-refractivity contribution in [3.05, 3.63) is 24.7 Å². The normalized spacial score (nSPS) is 10.5. The van der Waals surface area contributed by atoms with Crippen LogP contribution in [-0.2, 0) is 0 Å². The summed E-state index contributed by atoms with van der Waals surface area (Å²) in [5.74, 6) is 0. The van der Waals surface area contributed by atoms with Crippen LogP contribution in [0.4, 0.5) is 0 Å². The summed E-state index contributed by atoms with van der Waals surface area (Å²) in [6.07, 6.45) is 5.23. The second-order valence-electron chi connectivity index (χ2n) is 1.92. The fourth-order valence-corrected chi connectivity index (χ4v) is 1.03. The predicted octanol–water partition coefficient (Wildman–Crippen LogP) is 1.02. The van der Waals surface area contributed by atoms with Crippen LogP contribution in [0, 0.1) is 0 Å². The molecule has 4 heteroatoms. The molecule has 3 nitrogen and oxygen atoms in total. The van der Waals surface area contributed by atoms with E-state index in [1.165, 1.54) is 0 Å². The van der Waals surface area contributed by atoms with Gasteiger partial charge in [0.2, 0.25) is 0 Å². The first-order valence-electron chi connectivity index (χ1n) is 2.85. The summed E-state index contributed by atoms with van der Waals surface area (Å²) in [5.41, 5.74) is 0.797. The van der Waals surface area contributed by atoms with Gasteiger partial charge in [-0.3, -0.25) is 0 Å². The van der Waals surface area contributed by atoms with Crippen molar-refractivity contribution in [2.75, 3.05) is 0 Å². The predicted molar refractivity (Wildman–Crippen MR) is 40.2 cm³/mol. The van der Waals surface area contributed by atoms with Gasteiger partial charge < -0.3 is 0 Å². The van der Waals surface area contributed by atoms with E-state index in [9.17, 15) is 0 Å². The summed E-state index contributed by atoms with van der Waals surface area (Å²) in [5, 5.41) is 4.00. The Hall–Kier alpha value is -1.03. The molecule has 0 spiro atoms. The average molecular weight is 151 g/mol. The van der Waals surface area contributed by atoms with Gasteiger partial charge in [-0.1, -0.05) is 0 Å². The molecule has 2 aromatic heterocycles. The third-order valence-electron chi connectivity index (χ3n) is 1.26. The summed E-state index contributed by atoms with van der Waals surface area (Å²) in [4.78, 5) is 4.87. The summed E-state index contributed by atoms with van der Waals surface area (Å²) < 4.78 is 1.68. The lowest BCUT2D eigenvalue weighted by Gasteiger charge is -1.87. The third-order valence-corrected chi connectivity index (χ3v) is 1.58. The molecule has 10 heavy (non-hydrogen) atoms. The molecule has 0 saturated heterocycles. The van der Waals surface area contributed by atoms with E-state index in [0.29, 0.717) is 0 Å². The van der Waals surface area contributed by atoms with E-state index in [0.717, 1.165) is 10.5 Å². The van der Waals surface area contributed by atoms with Crippen LogP contribution >= 0.6 is 12.6 Å². The maximum Gasteiger partial charge on any atom is 0.168 e. The van der Waals surface area contributed by atoms with Crippen molar-refractivity contribution < 1.29 is 0 Å². The van der Waals surface area contributed by atoms with Gasteiger partial charge in [0.25, 0.3) is 0 Å². The summed E-state index contributed by atoms with van der Waals surface area (Å²) in [6.45, 7) is 0. The lowest BCUT2D eigenvalue weighted by Crippen LogP contribution is -1.86. The SMILES string of the molecule is Sc1cnn2cccnc12. The third kappa shape index (κ3) is 0.690. The molecule has 0 aromatic carbocycles. The van der Waals surface area contributed by atoms with Crippen LogP contribution in [-0.4, -0.2) is 14.6 Å². The van der Waals surface area contributed by atoms with Crippen LogP contribution in [0.2, 0.25) is 0 Å². The molecule has 0 fully saturated rings. The lowest BCUT2D eigenvalue weighted by atomic mass is 10.6. The monoisotopic (exact) mass is 151 g/mol. The van der Waals surface area contributed by atoms with E-state index < -0.39 is 0 Å². The van der Waals surface area contributed by atoms with Gasteiger partial charge in [0.1, 0.15) is 0 Å². The highest BCUT2D eigenvalue weighted by Crippen LogP contribution is 2.09. The molecule has 2 heterocycles. The highest BCUT2D eigenvalue weighted by molar-refractivity contribution is 7.80. The van der Waals surface area contributed by atoms with E-state index in [1.807, 2.05) is 12.3 Å².